The fraction of sp³-hybridized carbons (Fsp3) is 0.0870. The highest BCUT2D eigenvalue weighted by Crippen LogP contribution is 2.35. The minimum absolute atomic E-state index is 0.143. The van der Waals surface area contributed by atoms with Crippen molar-refractivity contribution in [2.24, 2.45) is 0 Å². The summed E-state index contributed by atoms with van der Waals surface area (Å²) in [6, 6.07) is 19.1. The molecule has 27 heavy (non-hydrogen) atoms. The first-order valence-electron chi connectivity index (χ1n) is 8.61. The van der Waals surface area contributed by atoms with Crippen LogP contribution in [0.3, 0.4) is 0 Å². The van der Waals surface area contributed by atoms with E-state index >= 15 is 0 Å². The fourth-order valence-electron chi connectivity index (χ4n) is 2.82. The van der Waals surface area contributed by atoms with E-state index in [1.54, 1.807) is 36.4 Å². The van der Waals surface area contributed by atoms with Gasteiger partial charge in [0.15, 0.2) is 5.76 Å². The van der Waals surface area contributed by atoms with Gasteiger partial charge >= 0.3 is 0 Å². The Bertz CT molecular complexity index is 1020. The lowest BCUT2D eigenvalue weighted by atomic mass is 10.1. The molecular weight excluding hydrogens is 343 g/mol. The molecule has 0 spiro atoms. The monoisotopic (exact) mass is 360 g/mol. The molecule has 0 unspecified atom stereocenters. The van der Waals surface area contributed by atoms with Crippen LogP contribution in [-0.2, 0) is 6.61 Å². The van der Waals surface area contributed by atoms with Gasteiger partial charge in [-0.1, -0.05) is 42.0 Å². The Kier molecular flexibility index (Phi) is 4.47. The molecule has 4 rings (SSSR count). The van der Waals surface area contributed by atoms with E-state index in [4.69, 9.17) is 9.47 Å². The minimum atomic E-state index is -0.281. The lowest BCUT2D eigenvalue weighted by molar-refractivity contribution is 0.101. The molecule has 1 heterocycles. The molecule has 3 aromatic carbocycles. The molecular formula is C23H17FO3. The number of carbonyl (C=O) groups is 1. The van der Waals surface area contributed by atoms with Crippen molar-refractivity contribution in [2.75, 3.05) is 0 Å². The van der Waals surface area contributed by atoms with Crippen molar-refractivity contribution in [1.29, 1.82) is 0 Å². The molecule has 0 saturated carbocycles. The third-order valence-corrected chi connectivity index (χ3v) is 4.34. The number of Topliss-reactive ketones (excluding diaryl/α,β-unsaturated/α-hetero) is 1. The summed E-state index contributed by atoms with van der Waals surface area (Å²) in [5.74, 6) is 0.939. The van der Waals surface area contributed by atoms with Crippen molar-refractivity contribution in [2.45, 2.75) is 13.5 Å². The molecule has 0 atom stereocenters. The molecule has 0 fully saturated rings. The van der Waals surface area contributed by atoms with E-state index in [1.165, 1.54) is 12.1 Å². The Morgan fingerprint density at radius 1 is 1.00 bits per heavy atom. The Balaban J connectivity index is 1.50. The average molecular weight is 360 g/mol. The first-order chi connectivity index (χ1) is 13.1. The number of halogens is 1. The van der Waals surface area contributed by atoms with Crippen LogP contribution in [-0.4, -0.2) is 5.78 Å². The Labute approximate surface area is 156 Å². The summed E-state index contributed by atoms with van der Waals surface area (Å²) in [4.78, 5) is 12.5. The van der Waals surface area contributed by atoms with Gasteiger partial charge in [0.25, 0.3) is 0 Å². The quantitative estimate of drug-likeness (QED) is 0.590. The highest BCUT2D eigenvalue weighted by atomic mass is 19.1. The van der Waals surface area contributed by atoms with Gasteiger partial charge in [0, 0.05) is 6.07 Å². The van der Waals surface area contributed by atoms with Crippen LogP contribution in [0.2, 0.25) is 0 Å². The van der Waals surface area contributed by atoms with Crippen LogP contribution < -0.4 is 9.47 Å². The SMILES string of the molecule is Cc1ccc(C=C2Oc3cc(OCc4ccc(F)cc4)ccc3C2=O)cc1. The van der Waals surface area contributed by atoms with Crippen molar-refractivity contribution in [3.05, 3.63) is 101 Å². The van der Waals surface area contributed by atoms with Gasteiger partial charge in [-0.3, -0.25) is 4.79 Å². The normalized spacial score (nSPS) is 14.1. The number of ketones is 1. The second kappa shape index (κ2) is 7.08. The summed E-state index contributed by atoms with van der Waals surface area (Å²) in [5.41, 5.74) is 3.43. The first-order valence-corrected chi connectivity index (χ1v) is 8.61. The molecule has 1 aliphatic heterocycles. The topological polar surface area (TPSA) is 35.5 Å². The zero-order valence-electron chi connectivity index (χ0n) is 14.7. The van der Waals surface area contributed by atoms with Crippen LogP contribution in [0.25, 0.3) is 6.08 Å². The minimum Gasteiger partial charge on any atom is -0.489 e. The summed E-state index contributed by atoms with van der Waals surface area (Å²) in [6.45, 7) is 2.32. The molecule has 134 valence electrons. The maximum atomic E-state index is 13.0. The zero-order chi connectivity index (χ0) is 18.8. The molecule has 1 aliphatic rings. The number of allylic oxidation sites excluding steroid dienone is 1. The van der Waals surface area contributed by atoms with Gasteiger partial charge in [0.2, 0.25) is 5.78 Å². The van der Waals surface area contributed by atoms with Crippen LogP contribution >= 0.6 is 0 Å². The fourth-order valence-corrected chi connectivity index (χ4v) is 2.82. The summed E-state index contributed by atoms with van der Waals surface area (Å²) in [6.07, 6.45) is 1.74. The van der Waals surface area contributed by atoms with Crippen molar-refractivity contribution in [3.8, 4) is 11.5 Å². The van der Waals surface area contributed by atoms with E-state index in [0.29, 0.717) is 29.4 Å². The number of carbonyl (C=O) groups excluding carboxylic acids is 1. The molecule has 0 aliphatic carbocycles. The highest BCUT2D eigenvalue weighted by molar-refractivity contribution is 6.14. The number of benzene rings is 3. The summed E-state index contributed by atoms with van der Waals surface area (Å²) >= 11 is 0. The van der Waals surface area contributed by atoms with Gasteiger partial charge in [-0.2, -0.15) is 0 Å². The molecule has 4 heteroatoms. The maximum absolute atomic E-state index is 13.0. The lowest BCUT2D eigenvalue weighted by Gasteiger charge is -2.07. The molecule has 0 bridgehead atoms. The van der Waals surface area contributed by atoms with E-state index in [2.05, 4.69) is 0 Å². The van der Waals surface area contributed by atoms with Crippen LogP contribution in [0.4, 0.5) is 4.39 Å². The zero-order valence-corrected chi connectivity index (χ0v) is 14.7. The number of hydrogen-bond donors (Lipinski definition) is 0. The van der Waals surface area contributed by atoms with Gasteiger partial charge < -0.3 is 9.47 Å². The first kappa shape index (κ1) is 17.0. The smallest absolute Gasteiger partial charge is 0.231 e. The lowest BCUT2D eigenvalue weighted by Crippen LogP contribution is -1.98. The number of ether oxygens (including phenoxy) is 2. The largest absolute Gasteiger partial charge is 0.489 e. The third-order valence-electron chi connectivity index (χ3n) is 4.34. The molecule has 0 radical (unpaired) electrons. The predicted molar refractivity (Wildman–Crippen MR) is 101 cm³/mol. The van der Waals surface area contributed by atoms with E-state index < -0.39 is 0 Å². The maximum Gasteiger partial charge on any atom is 0.231 e. The van der Waals surface area contributed by atoms with E-state index in [1.807, 2.05) is 31.2 Å². The van der Waals surface area contributed by atoms with Gasteiger partial charge in [-0.15, -0.1) is 0 Å². The molecule has 0 amide bonds. The van der Waals surface area contributed by atoms with Gasteiger partial charge in [0.05, 0.1) is 5.56 Å². The Morgan fingerprint density at radius 2 is 1.74 bits per heavy atom. The molecule has 3 nitrogen and oxygen atoms in total. The van der Waals surface area contributed by atoms with Gasteiger partial charge in [0.1, 0.15) is 23.9 Å². The van der Waals surface area contributed by atoms with E-state index in [9.17, 15) is 9.18 Å². The number of aryl methyl sites for hydroxylation is 1. The number of fused-ring (bicyclic) bond motifs is 1. The van der Waals surface area contributed by atoms with E-state index in [0.717, 1.165) is 16.7 Å². The molecule has 0 aromatic heterocycles. The van der Waals surface area contributed by atoms with Gasteiger partial charge in [-0.25, -0.2) is 4.39 Å². The van der Waals surface area contributed by atoms with E-state index in [-0.39, 0.29) is 11.6 Å². The third kappa shape index (κ3) is 3.75. The number of rotatable bonds is 4. The second-order valence-corrected chi connectivity index (χ2v) is 6.42. The average Bonchev–Trinajstić information content (AvgIpc) is 2.98. The molecule has 0 saturated heterocycles. The van der Waals surface area contributed by atoms with Crippen LogP contribution in [0, 0.1) is 12.7 Å². The summed E-state index contributed by atoms with van der Waals surface area (Å²) in [5, 5.41) is 0. The van der Waals surface area contributed by atoms with Crippen LogP contribution in [0.1, 0.15) is 27.0 Å². The molecule has 3 aromatic rings. The second-order valence-electron chi connectivity index (χ2n) is 6.42. The van der Waals surface area contributed by atoms with Crippen molar-refractivity contribution in [3.63, 3.8) is 0 Å². The standard InChI is InChI=1S/C23H17FO3/c1-15-2-4-16(5-3-15)12-22-23(25)20-11-10-19(13-21(20)27-22)26-14-17-6-8-18(24)9-7-17/h2-13H,14H2,1H3. The highest BCUT2D eigenvalue weighted by Gasteiger charge is 2.27. The van der Waals surface area contributed by atoms with Crippen LogP contribution in [0.5, 0.6) is 11.5 Å². The Morgan fingerprint density at radius 3 is 2.48 bits per heavy atom. The van der Waals surface area contributed by atoms with Crippen molar-refractivity contribution < 1.29 is 18.7 Å². The Hall–Kier alpha value is -3.40. The van der Waals surface area contributed by atoms with Gasteiger partial charge in [-0.05, 0) is 48.4 Å². The summed E-state index contributed by atoms with van der Waals surface area (Å²) < 4.78 is 24.4. The predicted octanol–water partition coefficient (Wildman–Crippen LogP) is 5.33. The number of hydrogen-bond acceptors (Lipinski definition) is 3. The summed E-state index contributed by atoms with van der Waals surface area (Å²) in [7, 11) is 0. The van der Waals surface area contributed by atoms with Crippen molar-refractivity contribution in [1.82, 2.24) is 0 Å². The van der Waals surface area contributed by atoms with Crippen LogP contribution in [0.15, 0.2) is 72.5 Å². The van der Waals surface area contributed by atoms with Crippen molar-refractivity contribution >= 4 is 11.9 Å². The molecule has 0 N–H and O–H groups in total.